The first-order valence-electron chi connectivity index (χ1n) is 11.8. The monoisotopic (exact) mass is 514 g/mol. The zero-order valence-electron chi connectivity index (χ0n) is 21.3. The predicted octanol–water partition coefficient (Wildman–Crippen LogP) is 1.98. The summed E-state index contributed by atoms with van der Waals surface area (Å²) in [5, 5.41) is 26.2. The number of carbonyl (C=O) groups is 4. The van der Waals surface area contributed by atoms with Crippen LogP contribution in [0.4, 0.5) is 4.79 Å². The lowest BCUT2D eigenvalue weighted by atomic mass is 10.0. The van der Waals surface area contributed by atoms with E-state index in [-0.39, 0.29) is 11.5 Å². The maximum Gasteiger partial charge on any atom is 0.407 e. The number of rotatable bonds is 10. The number of ether oxygens (including phenoxy) is 1. The van der Waals surface area contributed by atoms with Crippen molar-refractivity contribution in [1.29, 1.82) is 0 Å². The highest BCUT2D eigenvalue weighted by atomic mass is 16.6. The molecule has 0 bridgehead atoms. The van der Waals surface area contributed by atoms with Crippen LogP contribution in [0.25, 0.3) is 11.1 Å². The predicted molar refractivity (Wildman–Crippen MR) is 136 cm³/mol. The Balaban J connectivity index is 1.87. The van der Waals surface area contributed by atoms with Gasteiger partial charge in [0.2, 0.25) is 0 Å². The van der Waals surface area contributed by atoms with Gasteiger partial charge in [-0.25, -0.2) is 10.3 Å². The van der Waals surface area contributed by atoms with Crippen LogP contribution in [0.15, 0.2) is 48.5 Å². The normalized spacial score (nSPS) is 12.6. The fourth-order valence-corrected chi connectivity index (χ4v) is 3.22. The molecule has 0 fully saturated rings. The molecule has 0 unspecified atom stereocenters. The van der Waals surface area contributed by atoms with Gasteiger partial charge >= 0.3 is 6.09 Å². The fraction of sp³-hybridized carbons (Fsp3) is 0.385. The number of benzene rings is 2. The molecule has 0 spiro atoms. The Bertz CT molecular complexity index is 1080. The second kappa shape index (κ2) is 13.4. The van der Waals surface area contributed by atoms with Gasteiger partial charge in [-0.1, -0.05) is 24.3 Å². The molecular formula is C26H34N4O7. The largest absolute Gasteiger partial charge is 0.444 e. The smallest absolute Gasteiger partial charge is 0.407 e. The quantitative estimate of drug-likeness (QED) is 0.160. The second-order valence-electron chi connectivity index (χ2n) is 9.36. The number of hydrogen-bond acceptors (Lipinski definition) is 7. The number of carbonyl (C=O) groups excluding carboxylic acids is 4. The van der Waals surface area contributed by atoms with E-state index in [4.69, 9.17) is 9.94 Å². The molecule has 37 heavy (non-hydrogen) atoms. The molecule has 2 aromatic rings. The average Bonchev–Trinajstić information content (AvgIpc) is 2.85. The van der Waals surface area contributed by atoms with Crippen molar-refractivity contribution >= 4 is 23.8 Å². The van der Waals surface area contributed by atoms with E-state index < -0.39 is 35.7 Å². The van der Waals surface area contributed by atoms with Crippen molar-refractivity contribution in [3.63, 3.8) is 0 Å². The summed E-state index contributed by atoms with van der Waals surface area (Å²) in [5.74, 6) is -1.76. The van der Waals surface area contributed by atoms with Crippen LogP contribution >= 0.6 is 0 Å². The molecule has 2 rings (SSSR count). The molecule has 0 aliphatic rings. The molecule has 4 amide bonds. The maximum absolute atomic E-state index is 12.4. The molecule has 0 aliphatic heterocycles. The van der Waals surface area contributed by atoms with Crippen molar-refractivity contribution in [1.82, 2.24) is 21.4 Å². The van der Waals surface area contributed by atoms with E-state index in [1.807, 2.05) is 0 Å². The van der Waals surface area contributed by atoms with Crippen molar-refractivity contribution in [2.75, 3.05) is 13.1 Å². The third-order valence-corrected chi connectivity index (χ3v) is 5.10. The van der Waals surface area contributed by atoms with Gasteiger partial charge in [0.05, 0.1) is 6.10 Å². The van der Waals surface area contributed by atoms with Gasteiger partial charge in [0.1, 0.15) is 11.6 Å². The van der Waals surface area contributed by atoms with Gasteiger partial charge in [-0.3, -0.25) is 19.6 Å². The molecule has 0 aromatic heterocycles. The SMILES string of the molecule is C[C@@H](O)[C@H](NC(=O)c1ccc(-c2ccc(C(=O)NCCCNC(=O)OC(C)(C)C)cc2)cc1)C(=O)NO. The first-order chi connectivity index (χ1) is 17.4. The number of nitrogens with one attached hydrogen (secondary N) is 4. The van der Waals surface area contributed by atoms with E-state index in [9.17, 15) is 24.3 Å². The minimum absolute atomic E-state index is 0.240. The highest BCUT2D eigenvalue weighted by Gasteiger charge is 2.25. The third kappa shape index (κ3) is 9.54. The molecule has 11 nitrogen and oxygen atoms in total. The first-order valence-corrected chi connectivity index (χ1v) is 11.8. The Labute approximate surface area is 215 Å². The molecule has 0 saturated carbocycles. The Morgan fingerprint density at radius 2 is 1.32 bits per heavy atom. The van der Waals surface area contributed by atoms with Crippen molar-refractivity contribution < 1.29 is 34.2 Å². The van der Waals surface area contributed by atoms with Crippen LogP contribution in [0.1, 0.15) is 54.8 Å². The van der Waals surface area contributed by atoms with Crippen LogP contribution in [0.5, 0.6) is 0 Å². The summed E-state index contributed by atoms with van der Waals surface area (Å²) in [6, 6.07) is 12.2. The molecule has 0 radical (unpaired) electrons. The van der Waals surface area contributed by atoms with Crippen LogP contribution < -0.4 is 21.4 Å². The summed E-state index contributed by atoms with van der Waals surface area (Å²) in [4.78, 5) is 48.0. The maximum atomic E-state index is 12.4. The van der Waals surface area contributed by atoms with Gasteiger partial charge in [-0.2, -0.15) is 0 Å². The molecule has 6 N–H and O–H groups in total. The number of hydroxylamine groups is 1. The first kappa shape index (κ1) is 29.3. The highest BCUT2D eigenvalue weighted by molar-refractivity contribution is 5.98. The summed E-state index contributed by atoms with van der Waals surface area (Å²) in [6.45, 7) is 7.42. The van der Waals surface area contributed by atoms with E-state index in [2.05, 4.69) is 16.0 Å². The van der Waals surface area contributed by atoms with E-state index in [1.54, 1.807) is 69.3 Å². The lowest BCUT2D eigenvalue weighted by Gasteiger charge is -2.19. The highest BCUT2D eigenvalue weighted by Crippen LogP contribution is 2.20. The van der Waals surface area contributed by atoms with E-state index >= 15 is 0 Å². The van der Waals surface area contributed by atoms with Gasteiger partial charge in [0.15, 0.2) is 0 Å². The lowest BCUT2D eigenvalue weighted by Crippen LogP contribution is -2.51. The molecule has 0 saturated heterocycles. The molecule has 2 aromatic carbocycles. The van der Waals surface area contributed by atoms with Crippen LogP contribution in [-0.2, 0) is 9.53 Å². The van der Waals surface area contributed by atoms with Crippen molar-refractivity contribution in [3.8, 4) is 11.1 Å². The van der Waals surface area contributed by atoms with Crippen molar-refractivity contribution in [2.45, 2.75) is 51.9 Å². The third-order valence-electron chi connectivity index (χ3n) is 5.10. The Hall–Kier alpha value is -3.96. The molecule has 2 atom stereocenters. The lowest BCUT2D eigenvalue weighted by molar-refractivity contribution is -0.133. The van der Waals surface area contributed by atoms with E-state index in [0.717, 1.165) is 11.1 Å². The second-order valence-corrected chi connectivity index (χ2v) is 9.36. The Morgan fingerprint density at radius 3 is 1.78 bits per heavy atom. The molecule has 11 heteroatoms. The number of aliphatic hydroxyl groups is 1. The molecule has 0 heterocycles. The number of alkyl carbamates (subject to hydrolysis) is 1. The van der Waals surface area contributed by atoms with Gasteiger partial charge in [-0.15, -0.1) is 0 Å². The van der Waals surface area contributed by atoms with Crippen LogP contribution in [0.3, 0.4) is 0 Å². The minimum Gasteiger partial charge on any atom is -0.444 e. The topological polar surface area (TPSA) is 166 Å². The molecule has 0 aliphatic carbocycles. The van der Waals surface area contributed by atoms with Gasteiger partial charge in [-0.05, 0) is 69.5 Å². The summed E-state index contributed by atoms with van der Waals surface area (Å²) in [6.07, 6.45) is -1.16. The zero-order valence-corrected chi connectivity index (χ0v) is 21.3. The van der Waals surface area contributed by atoms with Crippen LogP contribution in [0, 0.1) is 0 Å². The summed E-state index contributed by atoms with van der Waals surface area (Å²) in [5.41, 5.74) is 3.21. The zero-order chi connectivity index (χ0) is 27.6. The van der Waals surface area contributed by atoms with Crippen molar-refractivity contribution in [2.24, 2.45) is 0 Å². The van der Waals surface area contributed by atoms with E-state index in [0.29, 0.717) is 25.1 Å². The molecular weight excluding hydrogens is 480 g/mol. The Kier molecular flexibility index (Phi) is 10.6. The van der Waals surface area contributed by atoms with Gasteiger partial charge in [0, 0.05) is 24.2 Å². The van der Waals surface area contributed by atoms with Gasteiger partial charge in [0.25, 0.3) is 17.7 Å². The summed E-state index contributed by atoms with van der Waals surface area (Å²) in [7, 11) is 0. The number of hydrogen-bond donors (Lipinski definition) is 6. The molecule has 200 valence electrons. The van der Waals surface area contributed by atoms with Crippen LogP contribution in [-0.4, -0.2) is 65.0 Å². The summed E-state index contributed by atoms with van der Waals surface area (Å²) >= 11 is 0. The Morgan fingerprint density at radius 1 is 0.838 bits per heavy atom. The standard InChI is InChI=1S/C26H34N4O7/c1-16(31)21(24(34)30-36)29-23(33)20-12-8-18(9-13-20)17-6-10-19(11-7-17)22(32)27-14-5-15-28-25(35)37-26(2,3)4/h6-13,16,21,31,36H,5,14-15H2,1-4H3,(H,27,32)(H,28,35)(H,29,33)(H,30,34)/t16-,21+/m1/s1. The summed E-state index contributed by atoms with van der Waals surface area (Å²) < 4.78 is 5.15. The fourth-order valence-electron chi connectivity index (χ4n) is 3.22. The number of aliphatic hydroxyl groups excluding tert-OH is 1. The van der Waals surface area contributed by atoms with Crippen LogP contribution in [0.2, 0.25) is 0 Å². The average molecular weight is 515 g/mol. The van der Waals surface area contributed by atoms with Gasteiger partial charge < -0.3 is 25.8 Å². The van der Waals surface area contributed by atoms with Crippen molar-refractivity contribution in [3.05, 3.63) is 59.7 Å². The van der Waals surface area contributed by atoms with E-state index in [1.165, 1.54) is 12.4 Å². The number of amides is 4. The minimum atomic E-state index is -1.31.